The number of rotatable bonds is 8. The molecule has 0 saturated heterocycles. The molecule has 0 radical (unpaired) electrons. The highest BCUT2D eigenvalue weighted by atomic mass is 35.5. The van der Waals surface area contributed by atoms with Crippen LogP contribution in [0.1, 0.15) is 5.56 Å². The lowest BCUT2D eigenvalue weighted by Gasteiger charge is -2.14. The molecular weight excluding hydrogens is 288 g/mol. The SMILES string of the molecule is OC(CNCCc1cccnc1)COc1ccccc1Cl. The van der Waals surface area contributed by atoms with Gasteiger partial charge in [0.05, 0.1) is 5.02 Å². The topological polar surface area (TPSA) is 54.4 Å². The molecule has 0 fully saturated rings. The van der Waals surface area contributed by atoms with Gasteiger partial charge in [0.25, 0.3) is 0 Å². The zero-order chi connectivity index (χ0) is 14.9. The van der Waals surface area contributed by atoms with Crippen LogP contribution in [0.4, 0.5) is 0 Å². The number of hydrogen-bond donors (Lipinski definition) is 2. The Morgan fingerprint density at radius 3 is 2.86 bits per heavy atom. The van der Waals surface area contributed by atoms with Gasteiger partial charge in [-0.05, 0) is 36.7 Å². The summed E-state index contributed by atoms with van der Waals surface area (Å²) in [4.78, 5) is 4.06. The number of para-hydroxylation sites is 1. The van der Waals surface area contributed by atoms with Gasteiger partial charge in [0.2, 0.25) is 0 Å². The number of nitrogens with zero attached hydrogens (tertiary/aromatic N) is 1. The molecule has 0 aliphatic heterocycles. The first-order valence-electron chi connectivity index (χ1n) is 6.90. The first-order chi connectivity index (χ1) is 10.3. The molecule has 1 unspecified atom stereocenters. The van der Waals surface area contributed by atoms with Crippen molar-refractivity contribution in [2.24, 2.45) is 0 Å². The Balaban J connectivity index is 1.62. The van der Waals surface area contributed by atoms with Gasteiger partial charge in [-0.25, -0.2) is 0 Å². The molecule has 2 rings (SSSR count). The van der Waals surface area contributed by atoms with E-state index in [0.29, 0.717) is 17.3 Å². The zero-order valence-corrected chi connectivity index (χ0v) is 12.5. The summed E-state index contributed by atoms with van der Waals surface area (Å²) < 4.78 is 5.48. The summed E-state index contributed by atoms with van der Waals surface area (Å²) in [7, 11) is 0. The molecule has 0 aliphatic rings. The van der Waals surface area contributed by atoms with Crippen molar-refractivity contribution in [2.75, 3.05) is 19.7 Å². The highest BCUT2D eigenvalue weighted by molar-refractivity contribution is 6.32. The molecule has 4 nitrogen and oxygen atoms in total. The monoisotopic (exact) mass is 306 g/mol. The second-order valence-electron chi connectivity index (χ2n) is 4.71. The van der Waals surface area contributed by atoms with E-state index in [-0.39, 0.29) is 6.61 Å². The van der Waals surface area contributed by atoms with Crippen LogP contribution in [-0.2, 0) is 6.42 Å². The molecule has 0 bridgehead atoms. The van der Waals surface area contributed by atoms with Gasteiger partial charge in [-0.15, -0.1) is 0 Å². The van der Waals surface area contributed by atoms with Crippen LogP contribution in [-0.4, -0.2) is 35.9 Å². The molecule has 112 valence electrons. The van der Waals surface area contributed by atoms with Crippen molar-refractivity contribution in [3.8, 4) is 5.75 Å². The van der Waals surface area contributed by atoms with Crippen molar-refractivity contribution in [1.82, 2.24) is 10.3 Å². The lowest BCUT2D eigenvalue weighted by atomic mass is 10.2. The van der Waals surface area contributed by atoms with Crippen LogP contribution in [0.15, 0.2) is 48.8 Å². The number of aromatic nitrogens is 1. The average Bonchev–Trinajstić information content (AvgIpc) is 2.52. The fourth-order valence-corrected chi connectivity index (χ4v) is 2.04. The normalized spacial score (nSPS) is 12.1. The standard InChI is InChI=1S/C16H19ClN2O2/c17-15-5-1-2-6-16(15)21-12-14(20)11-19-9-7-13-4-3-8-18-10-13/h1-6,8,10,14,19-20H,7,9,11-12H2. The van der Waals surface area contributed by atoms with Crippen LogP contribution < -0.4 is 10.1 Å². The van der Waals surface area contributed by atoms with Crippen molar-refractivity contribution in [3.05, 3.63) is 59.4 Å². The fraction of sp³-hybridized carbons (Fsp3) is 0.312. The van der Waals surface area contributed by atoms with Gasteiger partial charge >= 0.3 is 0 Å². The van der Waals surface area contributed by atoms with Crippen LogP contribution in [0.3, 0.4) is 0 Å². The summed E-state index contributed by atoms with van der Waals surface area (Å²) in [6, 6.07) is 11.2. The number of hydrogen-bond acceptors (Lipinski definition) is 4. The summed E-state index contributed by atoms with van der Waals surface area (Å²) in [6.07, 6.45) is 3.91. The number of nitrogens with one attached hydrogen (secondary N) is 1. The van der Waals surface area contributed by atoms with Gasteiger partial charge in [0, 0.05) is 18.9 Å². The summed E-state index contributed by atoms with van der Waals surface area (Å²) >= 11 is 5.97. The maximum atomic E-state index is 9.86. The predicted molar refractivity (Wildman–Crippen MR) is 83.8 cm³/mol. The maximum Gasteiger partial charge on any atom is 0.138 e. The minimum absolute atomic E-state index is 0.212. The van der Waals surface area contributed by atoms with E-state index in [2.05, 4.69) is 10.3 Å². The molecule has 0 saturated carbocycles. The summed E-state index contributed by atoms with van der Waals surface area (Å²) in [5.41, 5.74) is 1.17. The smallest absolute Gasteiger partial charge is 0.138 e. The van der Waals surface area contributed by atoms with Crippen molar-refractivity contribution in [3.63, 3.8) is 0 Å². The first kappa shape index (κ1) is 15.8. The van der Waals surface area contributed by atoms with Gasteiger partial charge in [0.1, 0.15) is 18.5 Å². The Labute approximate surface area is 129 Å². The van der Waals surface area contributed by atoms with Gasteiger partial charge in [-0.3, -0.25) is 4.98 Å². The van der Waals surface area contributed by atoms with E-state index in [4.69, 9.17) is 16.3 Å². The molecular formula is C16H19ClN2O2. The minimum Gasteiger partial charge on any atom is -0.489 e. The third kappa shape index (κ3) is 5.71. The van der Waals surface area contributed by atoms with Crippen molar-refractivity contribution < 1.29 is 9.84 Å². The van der Waals surface area contributed by atoms with E-state index in [1.54, 1.807) is 18.3 Å². The summed E-state index contributed by atoms with van der Waals surface area (Å²) in [6.45, 7) is 1.48. The minimum atomic E-state index is -0.574. The van der Waals surface area contributed by atoms with E-state index < -0.39 is 6.10 Å². The molecule has 0 amide bonds. The molecule has 5 heteroatoms. The lowest BCUT2D eigenvalue weighted by molar-refractivity contribution is 0.107. The molecule has 1 heterocycles. The molecule has 1 atom stereocenters. The number of pyridine rings is 1. The number of halogens is 1. The van der Waals surface area contributed by atoms with Crippen LogP contribution in [0.5, 0.6) is 5.75 Å². The Hall–Kier alpha value is -1.62. The van der Waals surface area contributed by atoms with E-state index in [1.165, 1.54) is 5.56 Å². The molecule has 0 spiro atoms. The van der Waals surface area contributed by atoms with Crippen molar-refractivity contribution in [2.45, 2.75) is 12.5 Å². The van der Waals surface area contributed by atoms with E-state index in [9.17, 15) is 5.11 Å². The van der Waals surface area contributed by atoms with Crippen molar-refractivity contribution in [1.29, 1.82) is 0 Å². The van der Waals surface area contributed by atoms with Gasteiger partial charge in [-0.2, -0.15) is 0 Å². The predicted octanol–water partition coefficient (Wildman–Crippen LogP) is 2.31. The Morgan fingerprint density at radius 1 is 1.24 bits per heavy atom. The van der Waals surface area contributed by atoms with E-state index >= 15 is 0 Å². The van der Waals surface area contributed by atoms with Crippen molar-refractivity contribution >= 4 is 11.6 Å². The Kier molecular flexibility index (Phi) is 6.47. The second kappa shape index (κ2) is 8.62. The number of aliphatic hydroxyl groups is 1. The third-order valence-corrected chi connectivity index (χ3v) is 3.27. The molecule has 2 aromatic rings. The maximum absolute atomic E-state index is 9.86. The fourth-order valence-electron chi connectivity index (χ4n) is 1.85. The summed E-state index contributed by atoms with van der Waals surface area (Å²) in [5.74, 6) is 0.591. The van der Waals surface area contributed by atoms with Crippen LogP contribution >= 0.6 is 11.6 Å². The van der Waals surface area contributed by atoms with Crippen LogP contribution in [0, 0.1) is 0 Å². The van der Waals surface area contributed by atoms with Gasteiger partial charge in [-0.1, -0.05) is 29.8 Å². The molecule has 2 N–H and O–H groups in total. The number of aliphatic hydroxyl groups excluding tert-OH is 1. The molecule has 0 aliphatic carbocycles. The quantitative estimate of drug-likeness (QED) is 0.735. The average molecular weight is 307 g/mol. The molecule has 1 aromatic carbocycles. The van der Waals surface area contributed by atoms with E-state index in [0.717, 1.165) is 13.0 Å². The molecule has 1 aromatic heterocycles. The first-order valence-corrected chi connectivity index (χ1v) is 7.28. The second-order valence-corrected chi connectivity index (χ2v) is 5.12. The highest BCUT2D eigenvalue weighted by Gasteiger charge is 2.06. The van der Waals surface area contributed by atoms with Gasteiger partial charge in [0.15, 0.2) is 0 Å². The Bertz CT molecular complexity index is 537. The van der Waals surface area contributed by atoms with Crippen LogP contribution in [0.2, 0.25) is 5.02 Å². The Morgan fingerprint density at radius 2 is 2.10 bits per heavy atom. The van der Waals surface area contributed by atoms with Crippen LogP contribution in [0.25, 0.3) is 0 Å². The summed E-state index contributed by atoms with van der Waals surface area (Å²) in [5, 5.41) is 13.6. The van der Waals surface area contributed by atoms with Gasteiger partial charge < -0.3 is 15.2 Å². The third-order valence-electron chi connectivity index (χ3n) is 2.96. The van der Waals surface area contributed by atoms with E-state index in [1.807, 2.05) is 30.5 Å². The number of benzene rings is 1. The lowest BCUT2D eigenvalue weighted by Crippen LogP contribution is -2.32. The largest absolute Gasteiger partial charge is 0.489 e. The zero-order valence-electron chi connectivity index (χ0n) is 11.7. The molecule has 21 heavy (non-hydrogen) atoms. The highest BCUT2D eigenvalue weighted by Crippen LogP contribution is 2.22. The number of ether oxygens (including phenoxy) is 1.